The van der Waals surface area contributed by atoms with Crippen LogP contribution in [-0.4, -0.2) is 47.6 Å². The second kappa shape index (κ2) is 11.7. The van der Waals surface area contributed by atoms with E-state index in [1.54, 1.807) is 0 Å². The number of allylic oxidation sites excluding steroid dienone is 2. The van der Waals surface area contributed by atoms with Crippen LogP contribution in [0.4, 0.5) is 0 Å². The quantitative estimate of drug-likeness (QED) is 0.323. The van der Waals surface area contributed by atoms with Crippen molar-refractivity contribution in [3.8, 4) is 0 Å². The summed E-state index contributed by atoms with van der Waals surface area (Å²) in [7, 11) is 0. The van der Waals surface area contributed by atoms with Gasteiger partial charge in [0.05, 0.1) is 18.3 Å². The Hall–Kier alpha value is -0.910. The first-order valence-corrected chi connectivity index (χ1v) is 10.5. The maximum Gasteiger partial charge on any atom is 0.303 e. The van der Waals surface area contributed by atoms with Gasteiger partial charge in [-0.05, 0) is 63.3 Å². The molecule has 0 radical (unpaired) electrons. The summed E-state index contributed by atoms with van der Waals surface area (Å²) in [6, 6.07) is 0. The van der Waals surface area contributed by atoms with E-state index in [0.29, 0.717) is 37.0 Å². The summed E-state index contributed by atoms with van der Waals surface area (Å²) < 4.78 is 6.15. The van der Waals surface area contributed by atoms with E-state index in [9.17, 15) is 9.90 Å². The summed E-state index contributed by atoms with van der Waals surface area (Å²) in [6.07, 6.45) is 14.4. The van der Waals surface area contributed by atoms with Crippen LogP contribution < -0.4 is 5.32 Å². The Bertz CT molecular complexity index is 440. The van der Waals surface area contributed by atoms with Crippen LogP contribution in [0.15, 0.2) is 12.2 Å². The van der Waals surface area contributed by atoms with E-state index in [0.717, 1.165) is 45.1 Å². The summed E-state index contributed by atoms with van der Waals surface area (Å²) in [4.78, 5) is 10.5. The zero-order chi connectivity index (χ0) is 18.8. The number of hydrogen-bond donors (Lipinski definition) is 3. The van der Waals surface area contributed by atoms with Crippen LogP contribution in [0.2, 0.25) is 0 Å². The molecular weight excluding hydrogens is 330 g/mol. The zero-order valence-corrected chi connectivity index (χ0v) is 16.2. The summed E-state index contributed by atoms with van der Waals surface area (Å²) in [5.74, 6) is 0.487. The minimum absolute atomic E-state index is 0.226. The summed E-state index contributed by atoms with van der Waals surface area (Å²) in [5, 5.41) is 22.0. The molecule has 0 amide bonds. The third-order valence-electron chi connectivity index (χ3n) is 5.85. The van der Waals surface area contributed by atoms with Crippen molar-refractivity contribution < 1.29 is 19.7 Å². The molecular formula is C21H37NO4. The first kappa shape index (κ1) is 21.4. The van der Waals surface area contributed by atoms with E-state index in [1.807, 2.05) is 0 Å². The van der Waals surface area contributed by atoms with Crippen LogP contribution in [0.1, 0.15) is 71.1 Å². The van der Waals surface area contributed by atoms with E-state index < -0.39 is 5.97 Å². The van der Waals surface area contributed by atoms with Crippen LogP contribution in [-0.2, 0) is 9.53 Å². The highest BCUT2D eigenvalue weighted by atomic mass is 16.5. The molecule has 2 rings (SSSR count). The first-order valence-electron chi connectivity index (χ1n) is 10.5. The number of unbranched alkanes of at least 4 members (excludes halogenated alkanes) is 2. The lowest BCUT2D eigenvalue weighted by atomic mass is 9.76. The Morgan fingerprint density at radius 2 is 2.00 bits per heavy atom. The van der Waals surface area contributed by atoms with Crippen molar-refractivity contribution in [3.05, 3.63) is 12.2 Å². The SMILES string of the molecule is CCCCC(O)CNCC[C@H]1[C@@H](CC=CCCCC(=O)O)[C@H]2CC[C@@H]1O2. The number of rotatable bonds is 14. The van der Waals surface area contributed by atoms with Gasteiger partial charge in [-0.15, -0.1) is 0 Å². The summed E-state index contributed by atoms with van der Waals surface area (Å²) in [6.45, 7) is 3.78. The maximum absolute atomic E-state index is 10.5. The average Bonchev–Trinajstić information content (AvgIpc) is 3.21. The Morgan fingerprint density at radius 3 is 2.73 bits per heavy atom. The molecule has 0 spiro atoms. The number of carboxylic acid groups (broad SMARTS) is 1. The fourth-order valence-corrected chi connectivity index (χ4v) is 4.42. The predicted molar refractivity (Wildman–Crippen MR) is 103 cm³/mol. The normalized spacial score (nSPS) is 28.8. The molecule has 5 atom stereocenters. The molecule has 26 heavy (non-hydrogen) atoms. The van der Waals surface area contributed by atoms with Gasteiger partial charge in [-0.3, -0.25) is 4.79 Å². The lowest BCUT2D eigenvalue weighted by Gasteiger charge is -2.27. The third-order valence-corrected chi connectivity index (χ3v) is 5.85. The Morgan fingerprint density at radius 1 is 1.23 bits per heavy atom. The maximum atomic E-state index is 10.5. The molecule has 0 aromatic rings. The highest BCUT2D eigenvalue weighted by Gasteiger charge is 2.47. The highest BCUT2D eigenvalue weighted by Crippen LogP contribution is 2.46. The van der Waals surface area contributed by atoms with E-state index >= 15 is 0 Å². The smallest absolute Gasteiger partial charge is 0.303 e. The monoisotopic (exact) mass is 367 g/mol. The van der Waals surface area contributed by atoms with Gasteiger partial charge in [-0.1, -0.05) is 31.9 Å². The zero-order valence-electron chi connectivity index (χ0n) is 16.2. The molecule has 0 aromatic carbocycles. The van der Waals surface area contributed by atoms with Crippen molar-refractivity contribution in [2.24, 2.45) is 11.8 Å². The Kier molecular flexibility index (Phi) is 9.65. The molecule has 0 aromatic heterocycles. The minimum atomic E-state index is -0.715. The summed E-state index contributed by atoms with van der Waals surface area (Å²) >= 11 is 0. The molecule has 0 saturated carbocycles. The molecule has 3 N–H and O–H groups in total. The number of hydrogen-bond acceptors (Lipinski definition) is 4. The van der Waals surface area contributed by atoms with Crippen LogP contribution in [0.5, 0.6) is 0 Å². The molecule has 2 fully saturated rings. The van der Waals surface area contributed by atoms with Crippen LogP contribution in [0.3, 0.4) is 0 Å². The van der Waals surface area contributed by atoms with E-state index in [2.05, 4.69) is 24.4 Å². The lowest BCUT2D eigenvalue weighted by Crippen LogP contribution is -2.33. The number of fused-ring (bicyclic) bond motifs is 2. The fraction of sp³-hybridized carbons (Fsp3) is 0.857. The average molecular weight is 368 g/mol. The molecule has 2 aliphatic rings. The molecule has 5 heteroatoms. The Balaban J connectivity index is 1.66. The number of carbonyl (C=O) groups is 1. The van der Waals surface area contributed by atoms with Crippen LogP contribution in [0.25, 0.3) is 0 Å². The van der Waals surface area contributed by atoms with Crippen LogP contribution >= 0.6 is 0 Å². The van der Waals surface area contributed by atoms with Gasteiger partial charge in [0.15, 0.2) is 0 Å². The first-order chi connectivity index (χ1) is 12.6. The van der Waals surface area contributed by atoms with E-state index in [-0.39, 0.29) is 12.5 Å². The Labute approximate surface area is 158 Å². The number of ether oxygens (including phenoxy) is 1. The number of carboxylic acids is 1. The number of aliphatic carboxylic acids is 1. The van der Waals surface area contributed by atoms with E-state index in [1.165, 1.54) is 12.8 Å². The van der Waals surface area contributed by atoms with Gasteiger partial charge in [-0.25, -0.2) is 0 Å². The second-order valence-electron chi connectivity index (χ2n) is 7.90. The largest absolute Gasteiger partial charge is 0.481 e. The van der Waals surface area contributed by atoms with Gasteiger partial charge >= 0.3 is 5.97 Å². The molecule has 2 saturated heterocycles. The van der Waals surface area contributed by atoms with Crippen molar-refractivity contribution in [3.63, 3.8) is 0 Å². The lowest BCUT2D eigenvalue weighted by molar-refractivity contribution is -0.137. The van der Waals surface area contributed by atoms with Crippen molar-refractivity contribution in [2.45, 2.75) is 89.4 Å². The second-order valence-corrected chi connectivity index (χ2v) is 7.90. The minimum Gasteiger partial charge on any atom is -0.481 e. The molecule has 150 valence electrons. The van der Waals surface area contributed by atoms with Gasteiger partial charge in [0.25, 0.3) is 0 Å². The molecule has 2 aliphatic heterocycles. The van der Waals surface area contributed by atoms with E-state index in [4.69, 9.17) is 9.84 Å². The molecule has 1 unspecified atom stereocenters. The van der Waals surface area contributed by atoms with Crippen LogP contribution in [0, 0.1) is 11.8 Å². The number of aliphatic hydroxyl groups excluding tert-OH is 1. The third kappa shape index (κ3) is 7.01. The predicted octanol–water partition coefficient (Wildman–Crippen LogP) is 3.51. The van der Waals surface area contributed by atoms with Crippen molar-refractivity contribution >= 4 is 5.97 Å². The standard InChI is InChI=1S/C21H37NO4/c1-2-3-8-16(23)15-22-14-13-18-17(19-11-12-20(18)26-19)9-6-4-5-7-10-21(24)25/h4,6,16-20,22-23H,2-3,5,7-15H2,1H3,(H,24,25)/t16?,17-,18+,19-,20+/m1/s1. The fourth-order valence-electron chi connectivity index (χ4n) is 4.42. The number of aliphatic hydroxyl groups is 1. The van der Waals surface area contributed by atoms with Crippen molar-refractivity contribution in [1.82, 2.24) is 5.32 Å². The summed E-state index contributed by atoms with van der Waals surface area (Å²) in [5.41, 5.74) is 0. The van der Waals surface area contributed by atoms with Crippen molar-refractivity contribution in [2.75, 3.05) is 13.1 Å². The van der Waals surface area contributed by atoms with Gasteiger partial charge in [0.2, 0.25) is 0 Å². The van der Waals surface area contributed by atoms with Gasteiger partial charge in [-0.2, -0.15) is 0 Å². The van der Waals surface area contributed by atoms with Crippen molar-refractivity contribution in [1.29, 1.82) is 0 Å². The molecule has 0 aliphatic carbocycles. The topological polar surface area (TPSA) is 78.8 Å². The molecule has 2 bridgehead atoms. The number of nitrogens with one attached hydrogen (secondary N) is 1. The van der Waals surface area contributed by atoms with Gasteiger partial charge in [0.1, 0.15) is 0 Å². The van der Waals surface area contributed by atoms with Gasteiger partial charge < -0.3 is 20.3 Å². The highest BCUT2D eigenvalue weighted by molar-refractivity contribution is 5.66. The molecule has 2 heterocycles. The molecule has 5 nitrogen and oxygen atoms in total. The van der Waals surface area contributed by atoms with Gasteiger partial charge in [0, 0.05) is 13.0 Å².